The molecular formula is C15H19N3O2S. The quantitative estimate of drug-likeness (QED) is 0.795. The third kappa shape index (κ3) is 5.53. The van der Waals surface area contributed by atoms with Crippen molar-refractivity contribution in [1.29, 1.82) is 0 Å². The van der Waals surface area contributed by atoms with Crippen LogP contribution in [0.1, 0.15) is 25.1 Å². The van der Waals surface area contributed by atoms with Gasteiger partial charge in [-0.1, -0.05) is 30.3 Å². The molecule has 0 atom stereocenters. The fraction of sp³-hybridized carbons (Fsp3) is 0.333. The summed E-state index contributed by atoms with van der Waals surface area (Å²) in [6.07, 6.45) is 0.740. The van der Waals surface area contributed by atoms with Crippen molar-refractivity contribution in [2.45, 2.75) is 25.9 Å². The van der Waals surface area contributed by atoms with Crippen LogP contribution in [-0.2, 0) is 6.42 Å². The number of nitrogens with zero attached hydrogens (tertiary/aromatic N) is 1. The largest absolute Gasteiger partial charge is 0.389 e. The van der Waals surface area contributed by atoms with E-state index >= 15 is 0 Å². The highest BCUT2D eigenvalue weighted by Crippen LogP contribution is 2.18. The number of aliphatic hydroxyl groups is 1. The van der Waals surface area contributed by atoms with Crippen LogP contribution in [0.4, 0.5) is 9.93 Å². The van der Waals surface area contributed by atoms with E-state index in [0.29, 0.717) is 5.13 Å². The SMILES string of the molecule is CC(C)(O)CNC(=O)Nc1nc(Cc2ccccc2)cs1. The van der Waals surface area contributed by atoms with E-state index in [-0.39, 0.29) is 12.6 Å². The molecule has 0 spiro atoms. The van der Waals surface area contributed by atoms with Crippen LogP contribution in [0, 0.1) is 0 Å². The number of carbonyl (C=O) groups is 1. The Bertz CT molecular complexity index is 590. The van der Waals surface area contributed by atoms with E-state index < -0.39 is 5.60 Å². The van der Waals surface area contributed by atoms with E-state index in [0.717, 1.165) is 12.1 Å². The summed E-state index contributed by atoms with van der Waals surface area (Å²) in [7, 11) is 0. The van der Waals surface area contributed by atoms with Gasteiger partial charge in [0.15, 0.2) is 5.13 Å². The zero-order valence-electron chi connectivity index (χ0n) is 12.1. The van der Waals surface area contributed by atoms with E-state index in [1.54, 1.807) is 13.8 Å². The van der Waals surface area contributed by atoms with E-state index in [9.17, 15) is 9.90 Å². The van der Waals surface area contributed by atoms with Crippen molar-refractivity contribution in [3.05, 3.63) is 47.0 Å². The van der Waals surface area contributed by atoms with Crippen LogP contribution in [0.3, 0.4) is 0 Å². The van der Waals surface area contributed by atoms with Gasteiger partial charge in [0.2, 0.25) is 0 Å². The number of thiazole rings is 1. The molecule has 3 N–H and O–H groups in total. The Morgan fingerprint density at radius 1 is 1.33 bits per heavy atom. The molecule has 0 bridgehead atoms. The minimum atomic E-state index is -0.932. The van der Waals surface area contributed by atoms with Gasteiger partial charge in [0.05, 0.1) is 11.3 Å². The van der Waals surface area contributed by atoms with Gasteiger partial charge >= 0.3 is 6.03 Å². The molecule has 1 aromatic carbocycles. The lowest BCUT2D eigenvalue weighted by Gasteiger charge is -2.17. The van der Waals surface area contributed by atoms with Gasteiger partial charge in [-0.2, -0.15) is 0 Å². The van der Waals surface area contributed by atoms with Crippen LogP contribution in [0.5, 0.6) is 0 Å². The van der Waals surface area contributed by atoms with Gasteiger partial charge in [0.25, 0.3) is 0 Å². The van der Waals surface area contributed by atoms with Gasteiger partial charge in [0.1, 0.15) is 0 Å². The molecular weight excluding hydrogens is 286 g/mol. The Morgan fingerprint density at radius 3 is 2.71 bits per heavy atom. The maximum atomic E-state index is 11.7. The third-order valence-electron chi connectivity index (χ3n) is 2.68. The number of hydrogen-bond donors (Lipinski definition) is 3. The van der Waals surface area contributed by atoms with E-state index in [1.165, 1.54) is 16.9 Å². The highest BCUT2D eigenvalue weighted by Gasteiger charge is 2.14. The van der Waals surface area contributed by atoms with E-state index in [1.807, 2.05) is 35.7 Å². The Morgan fingerprint density at radius 2 is 2.05 bits per heavy atom. The summed E-state index contributed by atoms with van der Waals surface area (Å²) in [5.41, 5.74) is 1.17. The molecule has 5 nitrogen and oxygen atoms in total. The summed E-state index contributed by atoms with van der Waals surface area (Å²) in [5, 5.41) is 17.3. The van der Waals surface area contributed by atoms with E-state index in [2.05, 4.69) is 15.6 Å². The molecule has 0 saturated heterocycles. The lowest BCUT2D eigenvalue weighted by molar-refractivity contribution is 0.0826. The molecule has 2 rings (SSSR count). The summed E-state index contributed by atoms with van der Waals surface area (Å²) >= 11 is 1.38. The first kappa shape index (κ1) is 15.5. The van der Waals surface area contributed by atoms with Crippen molar-refractivity contribution in [2.75, 3.05) is 11.9 Å². The van der Waals surface area contributed by atoms with Crippen molar-refractivity contribution < 1.29 is 9.90 Å². The van der Waals surface area contributed by atoms with Crippen LogP contribution in [0.15, 0.2) is 35.7 Å². The number of rotatable bonds is 5. The molecule has 21 heavy (non-hydrogen) atoms. The van der Waals surface area contributed by atoms with Crippen LogP contribution >= 0.6 is 11.3 Å². The number of nitrogens with one attached hydrogen (secondary N) is 2. The first-order valence-electron chi connectivity index (χ1n) is 6.68. The molecule has 0 aliphatic carbocycles. The third-order valence-corrected chi connectivity index (χ3v) is 3.49. The molecule has 1 heterocycles. The first-order valence-corrected chi connectivity index (χ1v) is 7.56. The van der Waals surface area contributed by atoms with E-state index in [4.69, 9.17) is 0 Å². The number of amides is 2. The van der Waals surface area contributed by atoms with Gasteiger partial charge in [-0.05, 0) is 19.4 Å². The van der Waals surface area contributed by atoms with Crippen molar-refractivity contribution in [3.63, 3.8) is 0 Å². The molecule has 6 heteroatoms. The maximum absolute atomic E-state index is 11.7. The Kier molecular flexibility index (Phi) is 4.93. The number of hydrogen-bond acceptors (Lipinski definition) is 4. The van der Waals surface area contributed by atoms with Crippen LogP contribution in [0.2, 0.25) is 0 Å². The summed E-state index contributed by atoms with van der Waals surface area (Å²) in [5.74, 6) is 0. The van der Waals surface area contributed by atoms with Crippen LogP contribution < -0.4 is 10.6 Å². The lowest BCUT2D eigenvalue weighted by atomic mass is 10.1. The predicted octanol–water partition coefficient (Wildman–Crippen LogP) is 2.63. The molecule has 0 radical (unpaired) electrons. The second-order valence-corrected chi connectivity index (χ2v) is 6.28. The average Bonchev–Trinajstić information content (AvgIpc) is 2.84. The lowest BCUT2D eigenvalue weighted by Crippen LogP contribution is -2.40. The molecule has 0 aliphatic rings. The van der Waals surface area contributed by atoms with Gasteiger partial charge in [-0.3, -0.25) is 5.32 Å². The maximum Gasteiger partial charge on any atom is 0.321 e. The van der Waals surface area contributed by atoms with Gasteiger partial charge < -0.3 is 10.4 Å². The molecule has 0 unspecified atom stereocenters. The predicted molar refractivity (Wildman–Crippen MR) is 84.7 cm³/mol. The van der Waals surface area contributed by atoms with Crippen LogP contribution in [-0.4, -0.2) is 28.3 Å². The second kappa shape index (κ2) is 6.69. The highest BCUT2D eigenvalue weighted by atomic mass is 32.1. The monoisotopic (exact) mass is 305 g/mol. The molecule has 2 amide bonds. The van der Waals surface area contributed by atoms with Crippen LogP contribution in [0.25, 0.3) is 0 Å². The molecule has 0 saturated carbocycles. The molecule has 2 aromatic rings. The minimum absolute atomic E-state index is 0.182. The average molecular weight is 305 g/mol. The Balaban J connectivity index is 1.87. The van der Waals surface area contributed by atoms with Crippen molar-refractivity contribution in [1.82, 2.24) is 10.3 Å². The van der Waals surface area contributed by atoms with Gasteiger partial charge in [-0.25, -0.2) is 9.78 Å². The number of anilines is 1. The number of aromatic nitrogens is 1. The first-order chi connectivity index (χ1) is 9.92. The number of urea groups is 1. The molecule has 1 aromatic heterocycles. The topological polar surface area (TPSA) is 74.2 Å². The minimum Gasteiger partial charge on any atom is -0.389 e. The highest BCUT2D eigenvalue weighted by molar-refractivity contribution is 7.13. The Hall–Kier alpha value is -1.92. The van der Waals surface area contributed by atoms with Crippen molar-refractivity contribution in [2.24, 2.45) is 0 Å². The molecule has 0 aliphatic heterocycles. The number of carbonyl (C=O) groups excluding carboxylic acids is 1. The summed E-state index contributed by atoms with van der Waals surface area (Å²) < 4.78 is 0. The fourth-order valence-electron chi connectivity index (χ4n) is 1.69. The van der Waals surface area contributed by atoms with Gasteiger partial charge in [0, 0.05) is 18.3 Å². The fourth-order valence-corrected chi connectivity index (χ4v) is 2.39. The zero-order chi connectivity index (χ0) is 15.3. The molecule has 112 valence electrons. The summed E-state index contributed by atoms with van der Waals surface area (Å²) in [6, 6.07) is 9.68. The van der Waals surface area contributed by atoms with Gasteiger partial charge in [-0.15, -0.1) is 11.3 Å². The zero-order valence-corrected chi connectivity index (χ0v) is 12.9. The Labute approximate surface area is 128 Å². The summed E-state index contributed by atoms with van der Waals surface area (Å²) in [6.45, 7) is 3.45. The molecule has 0 fully saturated rings. The second-order valence-electron chi connectivity index (χ2n) is 5.43. The summed E-state index contributed by atoms with van der Waals surface area (Å²) in [4.78, 5) is 16.0. The van der Waals surface area contributed by atoms with Crippen molar-refractivity contribution in [3.8, 4) is 0 Å². The standard InChI is InChI=1S/C15H19N3O2S/c1-15(2,20)10-16-13(19)18-14-17-12(9-21-14)8-11-6-4-3-5-7-11/h3-7,9,20H,8,10H2,1-2H3,(H2,16,17,18,19). The smallest absolute Gasteiger partial charge is 0.321 e. The number of benzene rings is 1. The van der Waals surface area contributed by atoms with Crippen molar-refractivity contribution >= 4 is 22.5 Å². The normalized spacial score (nSPS) is 11.2.